The number of carbonyl (C=O) groups is 3. The van der Waals surface area contributed by atoms with Crippen molar-refractivity contribution < 1.29 is 19.1 Å². The Labute approximate surface area is 228 Å². The Kier molecular flexibility index (Phi) is 9.52. The number of halogens is 2. The van der Waals surface area contributed by atoms with Crippen LogP contribution in [0.3, 0.4) is 0 Å². The smallest absolute Gasteiger partial charge is 0.248 e. The number of fused-ring (bicyclic) bond motifs is 4. The third kappa shape index (κ3) is 5.45. The Morgan fingerprint density at radius 3 is 2.62 bits per heavy atom. The number of benzene rings is 1. The molecule has 1 aromatic heterocycles. The first-order valence-electron chi connectivity index (χ1n) is 12.2. The van der Waals surface area contributed by atoms with Gasteiger partial charge in [-0.1, -0.05) is 24.3 Å². The largest absolute Gasteiger partial charge is 0.354 e. The summed E-state index contributed by atoms with van der Waals surface area (Å²) in [6.07, 6.45) is 5.72. The van der Waals surface area contributed by atoms with E-state index >= 15 is 0 Å². The molecular weight excluding hydrogens is 517 g/mol. The van der Waals surface area contributed by atoms with E-state index in [1.165, 1.54) is 10.5 Å². The highest BCUT2D eigenvalue weighted by molar-refractivity contribution is 5.95. The molecule has 5 atom stereocenters. The number of amides is 3. The average molecular weight is 550 g/mol. The fourth-order valence-electron chi connectivity index (χ4n) is 5.30. The number of rotatable bonds is 5. The van der Waals surface area contributed by atoms with Gasteiger partial charge in [0.1, 0.15) is 12.1 Å². The first-order valence-corrected chi connectivity index (χ1v) is 12.2. The zero-order valence-electron chi connectivity index (χ0n) is 20.8. The number of likely N-dealkylation sites (N-methyl/N-ethyl adjacent to an activating group) is 1. The summed E-state index contributed by atoms with van der Waals surface area (Å²) >= 11 is 0. The van der Waals surface area contributed by atoms with Crippen LogP contribution >= 0.6 is 24.8 Å². The second-order valence-corrected chi connectivity index (χ2v) is 9.39. The minimum absolute atomic E-state index is 0. The van der Waals surface area contributed by atoms with Crippen LogP contribution < -0.4 is 16.0 Å². The van der Waals surface area contributed by atoms with Crippen molar-refractivity contribution in [1.29, 1.82) is 0 Å². The van der Waals surface area contributed by atoms with Crippen molar-refractivity contribution in [2.45, 2.75) is 63.0 Å². The maximum absolute atomic E-state index is 13.8. The monoisotopic (exact) mass is 549 g/mol. The maximum atomic E-state index is 13.8. The van der Waals surface area contributed by atoms with Crippen LogP contribution in [0.2, 0.25) is 0 Å². The molecular formula is C26H33Cl2N5O4. The summed E-state index contributed by atoms with van der Waals surface area (Å²) in [6.45, 7) is 2.00. The second kappa shape index (κ2) is 12.2. The predicted molar refractivity (Wildman–Crippen MR) is 142 cm³/mol. The number of pyridine rings is 1. The Balaban J connectivity index is 0.00000190. The van der Waals surface area contributed by atoms with Gasteiger partial charge in [-0.25, -0.2) is 0 Å². The molecule has 2 aromatic rings. The van der Waals surface area contributed by atoms with E-state index in [9.17, 15) is 14.4 Å². The van der Waals surface area contributed by atoms with E-state index in [0.29, 0.717) is 12.0 Å². The number of ether oxygens (including phenoxy) is 1. The van der Waals surface area contributed by atoms with E-state index < -0.39 is 24.4 Å². The third-order valence-electron chi connectivity index (χ3n) is 7.29. The molecule has 200 valence electrons. The number of aryl methyl sites for hydroxylation is 1. The maximum Gasteiger partial charge on any atom is 0.248 e. The lowest BCUT2D eigenvalue weighted by molar-refractivity contribution is -0.153. The normalized spacial score (nSPS) is 24.7. The highest BCUT2D eigenvalue weighted by atomic mass is 35.5. The van der Waals surface area contributed by atoms with E-state index in [4.69, 9.17) is 4.74 Å². The quantitative estimate of drug-likeness (QED) is 0.528. The number of aromatic nitrogens is 1. The van der Waals surface area contributed by atoms with Crippen molar-refractivity contribution in [3.05, 3.63) is 65.0 Å². The fraction of sp³-hybridized carbons (Fsp3) is 0.462. The van der Waals surface area contributed by atoms with Gasteiger partial charge in [-0.05, 0) is 50.4 Å². The van der Waals surface area contributed by atoms with E-state index in [1.807, 2.05) is 12.1 Å². The van der Waals surface area contributed by atoms with Gasteiger partial charge in [0.25, 0.3) is 0 Å². The summed E-state index contributed by atoms with van der Waals surface area (Å²) in [5, 5.41) is 8.92. The van der Waals surface area contributed by atoms with Crippen LogP contribution in [0.1, 0.15) is 66.8 Å². The number of carbonyl (C=O) groups excluding carboxylic acids is 3. The van der Waals surface area contributed by atoms with Gasteiger partial charge in [-0.15, -0.1) is 24.8 Å². The van der Waals surface area contributed by atoms with Gasteiger partial charge in [0.05, 0.1) is 18.7 Å². The molecule has 3 heterocycles. The molecule has 0 bridgehead atoms. The van der Waals surface area contributed by atoms with E-state index in [-0.39, 0.29) is 55.2 Å². The molecule has 3 amide bonds. The van der Waals surface area contributed by atoms with Gasteiger partial charge >= 0.3 is 0 Å². The molecule has 2 aliphatic heterocycles. The van der Waals surface area contributed by atoms with Crippen LogP contribution in [0.15, 0.2) is 42.7 Å². The van der Waals surface area contributed by atoms with Gasteiger partial charge in [-0.2, -0.15) is 0 Å². The highest BCUT2D eigenvalue weighted by Crippen LogP contribution is 2.44. The average Bonchev–Trinajstić information content (AvgIpc) is 3.13. The van der Waals surface area contributed by atoms with Crippen molar-refractivity contribution >= 4 is 42.5 Å². The number of hydrogen-bond donors (Lipinski definition) is 3. The molecule has 5 rings (SSSR count). The van der Waals surface area contributed by atoms with Crippen LogP contribution in [0, 0.1) is 0 Å². The first-order chi connectivity index (χ1) is 17.0. The Hall–Kier alpha value is -2.72. The van der Waals surface area contributed by atoms with Crippen LogP contribution in [0.5, 0.6) is 0 Å². The fourth-order valence-corrected chi connectivity index (χ4v) is 5.30. The summed E-state index contributed by atoms with van der Waals surface area (Å²) in [4.78, 5) is 45.8. The third-order valence-corrected chi connectivity index (χ3v) is 7.29. The molecule has 37 heavy (non-hydrogen) atoms. The van der Waals surface area contributed by atoms with Crippen LogP contribution in [-0.2, 0) is 25.5 Å². The zero-order valence-corrected chi connectivity index (χ0v) is 22.4. The van der Waals surface area contributed by atoms with Crippen molar-refractivity contribution in [2.75, 3.05) is 13.7 Å². The Morgan fingerprint density at radius 1 is 1.05 bits per heavy atom. The molecule has 1 saturated heterocycles. The summed E-state index contributed by atoms with van der Waals surface area (Å²) in [7, 11) is 1.69. The number of nitrogens with one attached hydrogen (secondary N) is 3. The van der Waals surface area contributed by atoms with Gasteiger partial charge in [0, 0.05) is 29.9 Å². The number of hydrogen-bond acceptors (Lipinski definition) is 6. The molecule has 0 saturated carbocycles. The van der Waals surface area contributed by atoms with Crippen LogP contribution in [0.25, 0.3) is 0 Å². The molecule has 11 heteroatoms. The summed E-state index contributed by atoms with van der Waals surface area (Å²) in [6, 6.07) is 7.72. The van der Waals surface area contributed by atoms with Crippen molar-refractivity contribution in [3.8, 4) is 0 Å². The Bertz CT molecular complexity index is 1150. The van der Waals surface area contributed by atoms with Gasteiger partial charge in [0.2, 0.25) is 17.7 Å². The molecule has 1 fully saturated rings. The minimum atomic E-state index is -0.885. The summed E-state index contributed by atoms with van der Waals surface area (Å²) < 4.78 is 6.08. The van der Waals surface area contributed by atoms with Crippen LogP contribution in [-0.4, -0.2) is 53.3 Å². The van der Waals surface area contributed by atoms with Crippen molar-refractivity contribution in [1.82, 2.24) is 25.8 Å². The topological polar surface area (TPSA) is 113 Å². The lowest BCUT2D eigenvalue weighted by Crippen LogP contribution is -2.53. The SMILES string of the molecule is CN[C@@H](C)C(=O)N[C@H]1CCOC2c3ccncc3C(C(=O)N[C@@H]3CCCc4ccccc43)N2C1=O.Cl.Cl. The molecule has 9 nitrogen and oxygen atoms in total. The van der Waals surface area contributed by atoms with Gasteiger partial charge < -0.3 is 20.7 Å². The second-order valence-electron chi connectivity index (χ2n) is 9.39. The zero-order chi connectivity index (χ0) is 24.5. The molecule has 3 aliphatic rings. The molecule has 1 aliphatic carbocycles. The van der Waals surface area contributed by atoms with Crippen LogP contribution in [0.4, 0.5) is 0 Å². The van der Waals surface area contributed by atoms with Gasteiger partial charge in [0.15, 0.2) is 6.23 Å². The molecule has 2 unspecified atom stereocenters. The standard InChI is InChI=1S/C26H31N5O4.2ClH/c1-15(27-2)23(32)30-21-11-13-35-26-18-10-12-28-14-19(18)22(31(26)25(21)34)24(33)29-20-9-5-7-16-6-3-4-8-17(16)20;;/h3-4,6,8,10,12,14-15,20-22,26-27H,5,7,9,11,13H2,1-2H3,(H,29,33)(H,30,32);2*1H/t15-,20+,21-,22?,26?;;/m0../s1. The predicted octanol–water partition coefficient (Wildman–Crippen LogP) is 2.51. The van der Waals surface area contributed by atoms with Crippen molar-refractivity contribution in [2.24, 2.45) is 0 Å². The molecule has 1 aromatic carbocycles. The van der Waals surface area contributed by atoms with Gasteiger partial charge in [-0.3, -0.25) is 24.3 Å². The molecule has 0 radical (unpaired) electrons. The first kappa shape index (κ1) is 28.8. The minimum Gasteiger partial charge on any atom is -0.354 e. The molecule has 3 N–H and O–H groups in total. The van der Waals surface area contributed by atoms with E-state index in [2.05, 4.69) is 33.1 Å². The lowest BCUT2D eigenvalue weighted by Gasteiger charge is -2.32. The highest BCUT2D eigenvalue weighted by Gasteiger charge is 2.49. The van der Waals surface area contributed by atoms with E-state index in [0.717, 1.165) is 30.4 Å². The van der Waals surface area contributed by atoms with E-state index in [1.54, 1.807) is 32.4 Å². The molecule has 0 spiro atoms. The number of nitrogens with zero attached hydrogens (tertiary/aromatic N) is 2. The van der Waals surface area contributed by atoms with Crippen molar-refractivity contribution in [3.63, 3.8) is 0 Å². The Morgan fingerprint density at radius 2 is 1.84 bits per heavy atom. The lowest BCUT2D eigenvalue weighted by atomic mass is 9.87. The summed E-state index contributed by atoms with van der Waals surface area (Å²) in [5.74, 6) is -0.872. The summed E-state index contributed by atoms with van der Waals surface area (Å²) in [5.41, 5.74) is 3.78.